The number of aromatic nitrogens is 3. The van der Waals surface area contributed by atoms with Gasteiger partial charge in [-0.05, 0) is 55.8 Å². The van der Waals surface area contributed by atoms with Crippen molar-refractivity contribution < 1.29 is 4.74 Å². The van der Waals surface area contributed by atoms with Crippen molar-refractivity contribution in [1.82, 2.24) is 19.7 Å². The molecule has 0 aliphatic carbocycles. The van der Waals surface area contributed by atoms with Crippen LogP contribution < -0.4 is 4.74 Å². The normalized spacial score (nSPS) is 16.4. The zero-order valence-electron chi connectivity index (χ0n) is 15.9. The third kappa shape index (κ3) is 4.89. The highest BCUT2D eigenvalue weighted by atomic mass is 32.2. The molecule has 0 radical (unpaired) electrons. The SMILES string of the molecule is COc1ccc(/C=C/CN2CCC(Cc3nnc(SC)n3C)CC2)cc1. The van der Waals surface area contributed by atoms with E-state index in [1.54, 1.807) is 18.9 Å². The molecule has 26 heavy (non-hydrogen) atoms. The fourth-order valence-electron chi connectivity index (χ4n) is 3.38. The summed E-state index contributed by atoms with van der Waals surface area (Å²) in [5.74, 6) is 2.73. The standard InChI is InChI=1S/C20H28N4OS/c1-23-19(21-22-20(23)26-3)15-17-10-13-24(14-11-17)12-4-5-16-6-8-18(25-2)9-7-16/h4-9,17H,10-15H2,1-3H3/b5-4+. The van der Waals surface area contributed by atoms with Crippen molar-refractivity contribution >= 4 is 17.8 Å². The zero-order valence-corrected chi connectivity index (χ0v) is 16.7. The summed E-state index contributed by atoms with van der Waals surface area (Å²) in [7, 11) is 3.76. The quantitative estimate of drug-likeness (QED) is 0.696. The van der Waals surface area contributed by atoms with Gasteiger partial charge in [0.2, 0.25) is 0 Å². The van der Waals surface area contributed by atoms with E-state index in [-0.39, 0.29) is 0 Å². The summed E-state index contributed by atoms with van der Waals surface area (Å²) < 4.78 is 7.33. The molecule has 0 spiro atoms. The highest BCUT2D eigenvalue weighted by molar-refractivity contribution is 7.98. The van der Waals surface area contributed by atoms with Gasteiger partial charge in [-0.25, -0.2) is 0 Å². The van der Waals surface area contributed by atoms with Crippen LogP contribution in [0.2, 0.25) is 0 Å². The van der Waals surface area contributed by atoms with Crippen LogP contribution in [0.15, 0.2) is 35.5 Å². The molecule has 1 saturated heterocycles. The number of hydrogen-bond acceptors (Lipinski definition) is 5. The van der Waals surface area contributed by atoms with Crippen LogP contribution in [0, 0.1) is 5.92 Å². The maximum Gasteiger partial charge on any atom is 0.190 e. The van der Waals surface area contributed by atoms with Gasteiger partial charge in [-0.1, -0.05) is 36.0 Å². The third-order valence-corrected chi connectivity index (χ3v) is 5.80. The number of hydrogen-bond donors (Lipinski definition) is 0. The summed E-state index contributed by atoms with van der Waals surface area (Å²) in [5, 5.41) is 9.60. The molecule has 0 atom stereocenters. The number of methoxy groups -OCH3 is 1. The number of thioether (sulfide) groups is 1. The van der Waals surface area contributed by atoms with Crippen molar-refractivity contribution in [1.29, 1.82) is 0 Å². The number of benzene rings is 1. The van der Waals surface area contributed by atoms with E-state index in [2.05, 4.69) is 51.0 Å². The molecule has 0 unspecified atom stereocenters. The minimum Gasteiger partial charge on any atom is -0.497 e. The van der Waals surface area contributed by atoms with Crippen LogP contribution in [0.4, 0.5) is 0 Å². The maximum absolute atomic E-state index is 5.19. The largest absolute Gasteiger partial charge is 0.497 e. The molecule has 2 aromatic rings. The fourth-order valence-corrected chi connectivity index (χ4v) is 3.89. The van der Waals surface area contributed by atoms with Crippen molar-refractivity contribution in [2.24, 2.45) is 13.0 Å². The van der Waals surface area contributed by atoms with E-state index >= 15 is 0 Å². The number of nitrogens with zero attached hydrogens (tertiary/aromatic N) is 4. The van der Waals surface area contributed by atoms with Gasteiger partial charge in [0.15, 0.2) is 5.16 Å². The monoisotopic (exact) mass is 372 g/mol. The van der Waals surface area contributed by atoms with Gasteiger partial charge < -0.3 is 9.30 Å². The van der Waals surface area contributed by atoms with E-state index in [0.29, 0.717) is 0 Å². The fraction of sp³-hybridized carbons (Fsp3) is 0.500. The molecule has 3 rings (SSSR count). The molecule has 0 N–H and O–H groups in total. The Morgan fingerprint density at radius 2 is 1.92 bits per heavy atom. The number of piperidine rings is 1. The molecular weight excluding hydrogens is 344 g/mol. The molecule has 1 aromatic heterocycles. The molecule has 0 bridgehead atoms. The van der Waals surface area contributed by atoms with Gasteiger partial charge in [-0.2, -0.15) is 0 Å². The Labute approximate surface area is 160 Å². The molecule has 140 valence electrons. The Morgan fingerprint density at radius 3 is 2.54 bits per heavy atom. The summed E-state index contributed by atoms with van der Waals surface area (Å²) >= 11 is 1.65. The Bertz CT molecular complexity index is 718. The average molecular weight is 373 g/mol. The van der Waals surface area contributed by atoms with E-state index in [1.807, 2.05) is 18.4 Å². The number of likely N-dealkylation sites (tertiary alicyclic amines) is 1. The molecule has 0 saturated carbocycles. The summed E-state index contributed by atoms with van der Waals surface area (Å²) in [4.78, 5) is 2.53. The van der Waals surface area contributed by atoms with Crippen molar-refractivity contribution in [2.75, 3.05) is 33.0 Å². The molecule has 2 heterocycles. The van der Waals surface area contributed by atoms with Crippen molar-refractivity contribution in [3.05, 3.63) is 41.7 Å². The van der Waals surface area contributed by atoms with Crippen LogP contribution in [0.3, 0.4) is 0 Å². The lowest BCUT2D eigenvalue weighted by Gasteiger charge is -2.30. The van der Waals surface area contributed by atoms with Crippen LogP contribution in [0.25, 0.3) is 6.08 Å². The maximum atomic E-state index is 5.19. The number of rotatable bonds is 7. The predicted molar refractivity (Wildman–Crippen MR) is 108 cm³/mol. The van der Waals surface area contributed by atoms with Gasteiger partial charge in [0.25, 0.3) is 0 Å². The highest BCUT2D eigenvalue weighted by Crippen LogP contribution is 2.22. The second-order valence-corrected chi connectivity index (χ2v) is 7.56. The summed E-state index contributed by atoms with van der Waals surface area (Å²) in [5.41, 5.74) is 1.22. The van der Waals surface area contributed by atoms with E-state index in [0.717, 1.165) is 48.7 Å². The second-order valence-electron chi connectivity index (χ2n) is 6.79. The van der Waals surface area contributed by atoms with Crippen LogP contribution in [-0.2, 0) is 13.5 Å². The zero-order chi connectivity index (χ0) is 18.4. The first-order valence-electron chi connectivity index (χ1n) is 9.14. The predicted octanol–water partition coefficient (Wildman–Crippen LogP) is 3.51. The first-order valence-corrected chi connectivity index (χ1v) is 10.4. The summed E-state index contributed by atoms with van der Waals surface area (Å²) in [6, 6.07) is 8.18. The highest BCUT2D eigenvalue weighted by Gasteiger charge is 2.21. The molecule has 1 aliphatic heterocycles. The summed E-state index contributed by atoms with van der Waals surface area (Å²) in [6.45, 7) is 3.33. The van der Waals surface area contributed by atoms with E-state index < -0.39 is 0 Å². The Hall–Kier alpha value is -1.79. The van der Waals surface area contributed by atoms with Crippen molar-refractivity contribution in [3.8, 4) is 5.75 Å². The van der Waals surface area contributed by atoms with Crippen LogP contribution >= 0.6 is 11.8 Å². The molecule has 1 aromatic carbocycles. The molecular formula is C20H28N4OS. The van der Waals surface area contributed by atoms with Crippen LogP contribution in [0.1, 0.15) is 24.2 Å². The Balaban J connectivity index is 1.43. The second kappa shape index (κ2) is 9.24. The molecule has 5 nitrogen and oxygen atoms in total. The van der Waals surface area contributed by atoms with Gasteiger partial charge >= 0.3 is 0 Å². The van der Waals surface area contributed by atoms with Gasteiger partial charge in [0.1, 0.15) is 11.6 Å². The van der Waals surface area contributed by atoms with Gasteiger partial charge in [0, 0.05) is 20.0 Å². The molecule has 1 fully saturated rings. The van der Waals surface area contributed by atoms with Crippen LogP contribution in [-0.4, -0.2) is 52.7 Å². The van der Waals surface area contributed by atoms with Gasteiger partial charge in [-0.3, -0.25) is 4.90 Å². The van der Waals surface area contributed by atoms with Crippen molar-refractivity contribution in [3.63, 3.8) is 0 Å². The lowest BCUT2D eigenvalue weighted by atomic mass is 9.93. The first kappa shape index (κ1) is 19.0. The molecule has 6 heteroatoms. The average Bonchev–Trinajstić information content (AvgIpc) is 3.03. The van der Waals surface area contributed by atoms with Crippen LogP contribution in [0.5, 0.6) is 5.75 Å². The van der Waals surface area contributed by atoms with Gasteiger partial charge in [-0.15, -0.1) is 10.2 Å². The lowest BCUT2D eigenvalue weighted by molar-refractivity contribution is 0.198. The minimum absolute atomic E-state index is 0.717. The van der Waals surface area contributed by atoms with E-state index in [4.69, 9.17) is 4.74 Å². The topological polar surface area (TPSA) is 43.2 Å². The van der Waals surface area contributed by atoms with E-state index in [1.165, 1.54) is 18.4 Å². The first-order chi connectivity index (χ1) is 12.7. The van der Waals surface area contributed by atoms with Crippen molar-refractivity contribution in [2.45, 2.75) is 24.4 Å². The summed E-state index contributed by atoms with van der Waals surface area (Å²) in [6.07, 6.45) is 10.0. The molecule has 1 aliphatic rings. The minimum atomic E-state index is 0.717. The number of ether oxygens (including phenoxy) is 1. The van der Waals surface area contributed by atoms with E-state index in [9.17, 15) is 0 Å². The third-order valence-electron chi connectivity index (χ3n) is 5.08. The Morgan fingerprint density at radius 1 is 1.19 bits per heavy atom. The Kier molecular flexibility index (Phi) is 6.74. The molecule has 0 amide bonds. The lowest BCUT2D eigenvalue weighted by Crippen LogP contribution is -2.34. The smallest absolute Gasteiger partial charge is 0.190 e. The van der Waals surface area contributed by atoms with Gasteiger partial charge in [0.05, 0.1) is 7.11 Å².